The predicted molar refractivity (Wildman–Crippen MR) is 63.3 cm³/mol. The number of methoxy groups -OCH3 is 1. The van der Waals surface area contributed by atoms with Crippen molar-refractivity contribution in [3.63, 3.8) is 0 Å². The molecule has 2 N–H and O–H groups in total. The third kappa shape index (κ3) is 3.58. The molecule has 0 aromatic heterocycles. The number of ether oxygens (including phenoxy) is 1. The first-order valence-corrected chi connectivity index (χ1v) is 5.89. The van der Waals surface area contributed by atoms with Gasteiger partial charge in [-0.05, 0) is 6.42 Å². The highest BCUT2D eigenvalue weighted by Crippen LogP contribution is 2.19. The predicted octanol–water partition coefficient (Wildman–Crippen LogP) is -0.405. The van der Waals surface area contributed by atoms with Crippen LogP contribution < -0.4 is 0 Å². The van der Waals surface area contributed by atoms with E-state index in [-0.39, 0.29) is 19.0 Å². The van der Waals surface area contributed by atoms with Gasteiger partial charge in [-0.25, -0.2) is 9.59 Å². The van der Waals surface area contributed by atoms with Crippen molar-refractivity contribution in [2.45, 2.75) is 25.0 Å². The molecule has 2 amide bonds. The van der Waals surface area contributed by atoms with Gasteiger partial charge >= 0.3 is 12.0 Å². The van der Waals surface area contributed by atoms with Crippen molar-refractivity contribution in [3.05, 3.63) is 0 Å². The van der Waals surface area contributed by atoms with Crippen molar-refractivity contribution in [2.24, 2.45) is 0 Å². The lowest BCUT2D eigenvalue weighted by atomic mass is 10.2. The first-order chi connectivity index (χ1) is 8.47. The molecule has 1 heterocycles. The van der Waals surface area contributed by atoms with Gasteiger partial charge in [0.1, 0.15) is 6.04 Å². The number of urea groups is 1. The molecular formula is C11H20N2O5. The molecule has 0 spiro atoms. The fraction of sp³-hybridized carbons (Fsp3) is 0.818. The number of carbonyl (C=O) groups excluding carboxylic acids is 1. The van der Waals surface area contributed by atoms with Gasteiger partial charge in [-0.1, -0.05) is 0 Å². The number of hydrogen-bond acceptors (Lipinski definition) is 4. The number of carbonyl (C=O) groups is 2. The van der Waals surface area contributed by atoms with Gasteiger partial charge in [-0.2, -0.15) is 0 Å². The molecule has 0 saturated carbocycles. The Balaban J connectivity index is 2.56. The zero-order chi connectivity index (χ0) is 13.7. The maximum absolute atomic E-state index is 12.0. The lowest BCUT2D eigenvalue weighted by molar-refractivity contribution is -0.141. The summed E-state index contributed by atoms with van der Waals surface area (Å²) in [6.07, 6.45) is 0.0160. The summed E-state index contributed by atoms with van der Waals surface area (Å²) in [6.45, 7) is 1.11. The van der Waals surface area contributed by atoms with E-state index in [2.05, 4.69) is 0 Å². The molecule has 104 valence electrons. The number of rotatable bonds is 5. The van der Waals surface area contributed by atoms with Crippen LogP contribution in [0.15, 0.2) is 0 Å². The lowest BCUT2D eigenvalue weighted by Crippen LogP contribution is -2.47. The van der Waals surface area contributed by atoms with Crippen LogP contribution in [0.1, 0.15) is 12.8 Å². The van der Waals surface area contributed by atoms with Gasteiger partial charge in [0.25, 0.3) is 0 Å². The van der Waals surface area contributed by atoms with E-state index in [4.69, 9.17) is 9.84 Å². The van der Waals surface area contributed by atoms with Crippen LogP contribution >= 0.6 is 0 Å². The Labute approximate surface area is 106 Å². The standard InChI is InChI=1S/C11H20N2O5/c1-12(4-3-5-18-2)11(17)13-7-8(14)6-9(13)10(15)16/h8-9,14H,3-7H2,1-2H3,(H,15,16). The summed E-state index contributed by atoms with van der Waals surface area (Å²) < 4.78 is 4.89. The van der Waals surface area contributed by atoms with Gasteiger partial charge in [-0.15, -0.1) is 0 Å². The zero-order valence-electron chi connectivity index (χ0n) is 10.7. The molecule has 0 aromatic rings. The average Bonchev–Trinajstić information content (AvgIpc) is 2.70. The van der Waals surface area contributed by atoms with Crippen molar-refractivity contribution in [1.29, 1.82) is 0 Å². The summed E-state index contributed by atoms with van der Waals surface area (Å²) in [7, 11) is 3.20. The average molecular weight is 260 g/mol. The second-order valence-electron chi connectivity index (χ2n) is 4.45. The van der Waals surface area contributed by atoms with Gasteiger partial charge in [0, 0.05) is 40.3 Å². The van der Waals surface area contributed by atoms with Gasteiger partial charge in [0.05, 0.1) is 6.10 Å². The van der Waals surface area contributed by atoms with E-state index in [0.717, 1.165) is 0 Å². The minimum atomic E-state index is -1.08. The molecule has 7 nitrogen and oxygen atoms in total. The van der Waals surface area contributed by atoms with Crippen LogP contribution in [0.3, 0.4) is 0 Å². The van der Waals surface area contributed by atoms with E-state index in [1.165, 1.54) is 9.80 Å². The quantitative estimate of drug-likeness (QED) is 0.656. The van der Waals surface area contributed by atoms with Crippen LogP contribution in [-0.2, 0) is 9.53 Å². The number of likely N-dealkylation sites (tertiary alicyclic amines) is 1. The van der Waals surface area contributed by atoms with Crippen molar-refractivity contribution in [1.82, 2.24) is 9.80 Å². The summed E-state index contributed by atoms with van der Waals surface area (Å²) in [4.78, 5) is 25.7. The Bertz CT molecular complexity index is 310. The first-order valence-electron chi connectivity index (χ1n) is 5.89. The monoisotopic (exact) mass is 260 g/mol. The molecule has 0 bridgehead atoms. The summed E-state index contributed by atoms with van der Waals surface area (Å²) in [6, 6.07) is -1.30. The van der Waals surface area contributed by atoms with Gasteiger partial charge in [0.15, 0.2) is 0 Å². The molecule has 1 aliphatic heterocycles. The molecule has 0 aliphatic carbocycles. The number of amides is 2. The zero-order valence-corrected chi connectivity index (χ0v) is 10.7. The molecule has 1 aliphatic rings. The number of aliphatic hydroxyl groups excluding tert-OH is 1. The number of hydrogen-bond donors (Lipinski definition) is 2. The number of nitrogens with zero attached hydrogens (tertiary/aromatic N) is 2. The molecular weight excluding hydrogens is 240 g/mol. The Morgan fingerprint density at radius 1 is 1.50 bits per heavy atom. The molecule has 1 rings (SSSR count). The summed E-state index contributed by atoms with van der Waals surface area (Å²) in [5.74, 6) is -1.08. The highest BCUT2D eigenvalue weighted by Gasteiger charge is 2.39. The normalized spacial score (nSPS) is 23.2. The number of aliphatic carboxylic acids is 1. The second kappa shape index (κ2) is 6.55. The van der Waals surface area contributed by atoms with E-state index in [1.807, 2.05) is 0 Å². The largest absolute Gasteiger partial charge is 0.480 e. The maximum atomic E-state index is 12.0. The molecule has 18 heavy (non-hydrogen) atoms. The van der Waals surface area contributed by atoms with Crippen LogP contribution in [0.2, 0.25) is 0 Å². The van der Waals surface area contributed by atoms with Crippen LogP contribution in [0.5, 0.6) is 0 Å². The van der Waals surface area contributed by atoms with Crippen LogP contribution in [0, 0.1) is 0 Å². The van der Waals surface area contributed by atoms with E-state index in [9.17, 15) is 14.7 Å². The van der Waals surface area contributed by atoms with Crippen LogP contribution in [0.25, 0.3) is 0 Å². The number of carboxylic acids is 1. The molecule has 2 unspecified atom stereocenters. The molecule has 7 heteroatoms. The minimum Gasteiger partial charge on any atom is -0.480 e. The third-order valence-electron chi connectivity index (χ3n) is 2.98. The van der Waals surface area contributed by atoms with Gasteiger partial charge < -0.3 is 24.7 Å². The molecule has 1 saturated heterocycles. The van der Waals surface area contributed by atoms with E-state index < -0.39 is 18.1 Å². The highest BCUT2D eigenvalue weighted by atomic mass is 16.5. The Hall–Kier alpha value is -1.34. The SMILES string of the molecule is COCCCN(C)C(=O)N1CC(O)CC1C(=O)O. The summed E-state index contributed by atoms with van der Waals surface area (Å²) >= 11 is 0. The van der Waals surface area contributed by atoms with Gasteiger partial charge in [0.2, 0.25) is 0 Å². The Morgan fingerprint density at radius 3 is 2.72 bits per heavy atom. The fourth-order valence-electron chi connectivity index (χ4n) is 2.02. The van der Waals surface area contributed by atoms with Crippen molar-refractivity contribution in [3.8, 4) is 0 Å². The van der Waals surface area contributed by atoms with E-state index in [1.54, 1.807) is 14.2 Å². The second-order valence-corrected chi connectivity index (χ2v) is 4.45. The number of β-amino-alcohol motifs (C(OH)–C–C–N with tert-alkyl or cyclic N) is 1. The topological polar surface area (TPSA) is 90.3 Å². The van der Waals surface area contributed by atoms with Crippen molar-refractivity contribution in [2.75, 3.05) is 33.9 Å². The molecule has 0 aromatic carbocycles. The maximum Gasteiger partial charge on any atom is 0.326 e. The summed E-state index contributed by atoms with van der Waals surface area (Å²) in [5, 5.41) is 18.5. The van der Waals surface area contributed by atoms with Crippen LogP contribution in [-0.4, -0.2) is 78.0 Å². The van der Waals surface area contributed by atoms with Gasteiger partial charge in [-0.3, -0.25) is 0 Å². The van der Waals surface area contributed by atoms with E-state index in [0.29, 0.717) is 19.6 Å². The Morgan fingerprint density at radius 2 is 2.17 bits per heavy atom. The van der Waals surface area contributed by atoms with Crippen molar-refractivity contribution < 1.29 is 24.5 Å². The number of carboxylic acid groups (broad SMARTS) is 1. The summed E-state index contributed by atoms with van der Waals surface area (Å²) in [5.41, 5.74) is 0. The fourth-order valence-corrected chi connectivity index (χ4v) is 2.02. The van der Waals surface area contributed by atoms with Crippen molar-refractivity contribution >= 4 is 12.0 Å². The smallest absolute Gasteiger partial charge is 0.326 e. The lowest BCUT2D eigenvalue weighted by Gasteiger charge is -2.27. The van der Waals surface area contributed by atoms with Crippen LogP contribution in [0.4, 0.5) is 4.79 Å². The molecule has 0 radical (unpaired) electrons. The first kappa shape index (κ1) is 14.7. The van der Waals surface area contributed by atoms with E-state index >= 15 is 0 Å². The highest BCUT2D eigenvalue weighted by molar-refractivity contribution is 5.83. The molecule has 1 fully saturated rings. The minimum absolute atomic E-state index is 0.0738. The third-order valence-corrected chi connectivity index (χ3v) is 2.98. The number of aliphatic hydroxyl groups is 1. The molecule has 2 atom stereocenters. The Kier molecular flexibility index (Phi) is 5.36.